The highest BCUT2D eigenvalue weighted by Gasteiger charge is 2.48. The second kappa shape index (κ2) is 9.56. The van der Waals surface area contributed by atoms with Gasteiger partial charge < -0.3 is 9.47 Å². The van der Waals surface area contributed by atoms with Crippen molar-refractivity contribution in [1.29, 1.82) is 0 Å². The first kappa shape index (κ1) is 22.0. The van der Waals surface area contributed by atoms with E-state index in [0.29, 0.717) is 6.61 Å². The molecule has 3 aliphatic rings. The van der Waals surface area contributed by atoms with Crippen LogP contribution in [0.3, 0.4) is 0 Å². The highest BCUT2D eigenvalue weighted by Crippen LogP contribution is 2.49. The summed E-state index contributed by atoms with van der Waals surface area (Å²) in [5, 5.41) is 0. The van der Waals surface area contributed by atoms with E-state index < -0.39 is 0 Å². The Balaban J connectivity index is 0.000000255. The summed E-state index contributed by atoms with van der Waals surface area (Å²) in [7, 11) is 0. The minimum atomic E-state index is -0.224. The number of hydrogen-bond acceptors (Lipinski definition) is 3. The van der Waals surface area contributed by atoms with E-state index >= 15 is 0 Å². The maximum Gasteiger partial charge on any atom is 0.302 e. The third-order valence-corrected chi connectivity index (χ3v) is 5.35. The smallest absolute Gasteiger partial charge is 0.302 e. The number of carbonyl (C=O) groups excluding carboxylic acids is 1. The maximum atomic E-state index is 10.5. The van der Waals surface area contributed by atoms with Gasteiger partial charge in [0.15, 0.2) is 0 Å². The lowest BCUT2D eigenvalue weighted by atomic mass is 9.69. The molecule has 3 fully saturated rings. The predicted molar refractivity (Wildman–Crippen MR) is 105 cm³/mol. The largest absolute Gasteiger partial charge is 0.462 e. The Hall–Kier alpha value is -1.09. The van der Waals surface area contributed by atoms with Gasteiger partial charge >= 0.3 is 5.97 Å². The topological polar surface area (TPSA) is 35.5 Å². The van der Waals surface area contributed by atoms with E-state index in [1.165, 1.54) is 43.8 Å². The van der Waals surface area contributed by atoms with E-state index in [4.69, 9.17) is 9.47 Å². The van der Waals surface area contributed by atoms with E-state index in [1.807, 2.05) is 6.08 Å². The van der Waals surface area contributed by atoms with Crippen molar-refractivity contribution >= 4 is 5.97 Å². The van der Waals surface area contributed by atoms with Crippen molar-refractivity contribution in [2.75, 3.05) is 6.61 Å². The zero-order chi connectivity index (χ0) is 19.1. The fraction of sp³-hybridized carbons (Fsp3) is 0.773. The molecule has 3 rings (SSSR count). The molecule has 0 aromatic rings. The van der Waals surface area contributed by atoms with Gasteiger partial charge in [-0.05, 0) is 92.1 Å². The summed E-state index contributed by atoms with van der Waals surface area (Å²) >= 11 is 0. The molecule has 0 aromatic carbocycles. The van der Waals surface area contributed by atoms with E-state index in [-0.39, 0.29) is 17.2 Å². The third-order valence-electron chi connectivity index (χ3n) is 5.35. The van der Waals surface area contributed by atoms with Gasteiger partial charge in [-0.3, -0.25) is 4.79 Å². The Bertz CT molecular complexity index is 485. The molecule has 3 nitrogen and oxygen atoms in total. The van der Waals surface area contributed by atoms with Gasteiger partial charge in [0.2, 0.25) is 0 Å². The second-order valence-corrected chi connectivity index (χ2v) is 8.60. The maximum absolute atomic E-state index is 10.5. The van der Waals surface area contributed by atoms with Gasteiger partial charge in [0, 0.05) is 6.92 Å². The predicted octanol–water partition coefficient (Wildman–Crippen LogP) is 5.99. The van der Waals surface area contributed by atoms with Gasteiger partial charge in [-0.15, -0.1) is 0 Å². The molecule has 2 heterocycles. The lowest BCUT2D eigenvalue weighted by Gasteiger charge is -2.54. The van der Waals surface area contributed by atoms with Crippen LogP contribution in [-0.4, -0.2) is 23.8 Å². The van der Waals surface area contributed by atoms with Gasteiger partial charge in [0.05, 0.1) is 11.2 Å². The molecule has 144 valence electrons. The number of fused-ring (bicyclic) bond motifs is 3. The summed E-state index contributed by atoms with van der Waals surface area (Å²) in [4.78, 5) is 10.5. The van der Waals surface area contributed by atoms with Crippen molar-refractivity contribution < 1.29 is 14.3 Å². The zero-order valence-corrected chi connectivity index (χ0v) is 17.4. The fourth-order valence-electron chi connectivity index (χ4n) is 3.74. The Kier molecular flexibility index (Phi) is 8.40. The van der Waals surface area contributed by atoms with Gasteiger partial charge in [-0.25, -0.2) is 0 Å². The molecule has 0 radical (unpaired) electrons. The fourth-order valence-corrected chi connectivity index (χ4v) is 3.74. The molecule has 0 spiro atoms. The molecule has 2 bridgehead atoms. The van der Waals surface area contributed by atoms with Crippen molar-refractivity contribution in [3.63, 3.8) is 0 Å². The van der Waals surface area contributed by atoms with Crippen molar-refractivity contribution in [3.05, 3.63) is 23.3 Å². The summed E-state index contributed by atoms with van der Waals surface area (Å²) in [5.74, 6) is 0.600. The Morgan fingerprint density at radius 1 is 1.08 bits per heavy atom. The SMILES string of the molecule is CC(=O)OC/C=C(\C)CCC=C(C)C.CC12CCC(CC1)C(C)(C)O2. The Labute approximate surface area is 154 Å². The first-order chi connectivity index (χ1) is 11.5. The number of hydrogen-bond donors (Lipinski definition) is 0. The first-order valence-corrected chi connectivity index (χ1v) is 9.66. The minimum Gasteiger partial charge on any atom is -0.462 e. The molecule has 2 aliphatic heterocycles. The van der Waals surface area contributed by atoms with Crippen molar-refractivity contribution in [1.82, 2.24) is 0 Å². The van der Waals surface area contributed by atoms with E-state index in [1.54, 1.807) is 0 Å². The van der Waals surface area contributed by atoms with E-state index in [0.717, 1.165) is 18.8 Å². The molecular weight excluding hydrogens is 312 g/mol. The molecule has 0 atom stereocenters. The van der Waals surface area contributed by atoms with Crippen LogP contribution in [0.1, 0.15) is 87.0 Å². The van der Waals surface area contributed by atoms with E-state index in [9.17, 15) is 4.79 Å². The number of carbonyl (C=O) groups is 1. The zero-order valence-electron chi connectivity index (χ0n) is 17.4. The Morgan fingerprint density at radius 3 is 2.08 bits per heavy atom. The monoisotopic (exact) mass is 350 g/mol. The summed E-state index contributed by atoms with van der Waals surface area (Å²) in [5.41, 5.74) is 2.99. The lowest BCUT2D eigenvalue weighted by Crippen LogP contribution is -2.53. The summed E-state index contributed by atoms with van der Waals surface area (Å²) in [6.45, 7) is 14.8. The van der Waals surface area contributed by atoms with Gasteiger partial charge in [-0.2, -0.15) is 0 Å². The molecular formula is C22H38O3. The molecule has 3 heteroatoms. The first-order valence-electron chi connectivity index (χ1n) is 9.66. The molecule has 0 N–H and O–H groups in total. The normalized spacial score (nSPS) is 27.2. The highest BCUT2D eigenvalue weighted by atomic mass is 16.5. The summed E-state index contributed by atoms with van der Waals surface area (Å²) in [6.07, 6.45) is 11.6. The van der Waals surface area contributed by atoms with Crippen LogP contribution < -0.4 is 0 Å². The van der Waals surface area contributed by atoms with E-state index in [2.05, 4.69) is 47.6 Å². The molecule has 1 saturated carbocycles. The average Bonchev–Trinajstić information content (AvgIpc) is 2.45. The van der Waals surface area contributed by atoms with Crippen molar-refractivity contribution in [2.45, 2.75) is 98.2 Å². The van der Waals surface area contributed by atoms with Crippen LogP contribution in [0, 0.1) is 5.92 Å². The van der Waals surface area contributed by atoms with Crippen molar-refractivity contribution in [3.8, 4) is 0 Å². The lowest BCUT2D eigenvalue weighted by molar-refractivity contribution is -0.229. The van der Waals surface area contributed by atoms with Crippen LogP contribution >= 0.6 is 0 Å². The number of esters is 1. The van der Waals surface area contributed by atoms with Crippen LogP contribution in [-0.2, 0) is 14.3 Å². The minimum absolute atomic E-state index is 0.158. The standard InChI is InChI=1S/C12H20O2.C10H18O/c1-10(2)6-5-7-11(3)8-9-14-12(4)13;1-9(2)8-4-6-10(3,11-9)7-5-8/h6,8H,5,7,9H2,1-4H3;8H,4-7H2,1-3H3/b11-8+;. The molecule has 0 unspecified atom stereocenters. The molecule has 25 heavy (non-hydrogen) atoms. The molecule has 1 aliphatic carbocycles. The van der Waals surface area contributed by atoms with Crippen LogP contribution in [0.15, 0.2) is 23.3 Å². The molecule has 0 amide bonds. The van der Waals surface area contributed by atoms with Crippen LogP contribution in [0.25, 0.3) is 0 Å². The second-order valence-electron chi connectivity index (χ2n) is 8.60. The van der Waals surface area contributed by atoms with Crippen molar-refractivity contribution in [2.24, 2.45) is 5.92 Å². The third kappa shape index (κ3) is 8.22. The van der Waals surface area contributed by atoms with Gasteiger partial charge in [0.25, 0.3) is 0 Å². The number of rotatable bonds is 5. The number of ether oxygens (including phenoxy) is 2. The van der Waals surface area contributed by atoms with Crippen LogP contribution in [0.4, 0.5) is 0 Å². The van der Waals surface area contributed by atoms with Gasteiger partial charge in [0.1, 0.15) is 6.61 Å². The summed E-state index contributed by atoms with van der Waals surface area (Å²) < 4.78 is 10.9. The van der Waals surface area contributed by atoms with Crippen LogP contribution in [0.5, 0.6) is 0 Å². The quantitative estimate of drug-likeness (QED) is 0.451. The Morgan fingerprint density at radius 2 is 1.68 bits per heavy atom. The molecule has 2 saturated heterocycles. The van der Waals surface area contributed by atoms with Crippen LogP contribution in [0.2, 0.25) is 0 Å². The van der Waals surface area contributed by atoms with Gasteiger partial charge in [-0.1, -0.05) is 17.2 Å². The number of allylic oxidation sites excluding steroid dienone is 3. The highest BCUT2D eigenvalue weighted by molar-refractivity contribution is 5.66. The molecule has 0 aromatic heterocycles. The average molecular weight is 351 g/mol. The summed E-state index contributed by atoms with van der Waals surface area (Å²) in [6, 6.07) is 0.